The number of unbranched alkanes of at least 4 members (excludes halogenated alkanes) is 1. The number of allylic oxidation sites excluding steroid dienone is 2. The first-order valence-electron chi connectivity index (χ1n) is 10.2. The Hall–Kier alpha value is -1.82. The molecule has 0 fully saturated rings. The second-order valence-electron chi connectivity index (χ2n) is 7.03. The van der Waals surface area contributed by atoms with Crippen LogP contribution in [0.3, 0.4) is 0 Å². The molecule has 1 aliphatic carbocycles. The molecule has 0 N–H and O–H groups in total. The van der Waals surface area contributed by atoms with E-state index in [1.807, 2.05) is 32.0 Å². The van der Waals surface area contributed by atoms with Crippen molar-refractivity contribution in [3.05, 3.63) is 35.9 Å². The lowest BCUT2D eigenvalue weighted by Gasteiger charge is -2.37. The Kier molecular flexibility index (Phi) is 7.54. The zero-order chi connectivity index (χ0) is 19.9. The van der Waals surface area contributed by atoms with Crippen LogP contribution < -0.4 is 9.47 Å². The van der Waals surface area contributed by atoms with Crippen molar-refractivity contribution < 1.29 is 14.3 Å². The fourth-order valence-electron chi connectivity index (χ4n) is 3.83. The molecule has 0 bridgehead atoms. The molecule has 0 spiro atoms. The van der Waals surface area contributed by atoms with Crippen LogP contribution in [0.15, 0.2) is 35.5 Å². The maximum Gasteiger partial charge on any atom is 0.246 e. The van der Waals surface area contributed by atoms with E-state index in [2.05, 4.69) is 28.1 Å². The molecule has 2 unspecified atom stereocenters. The molecule has 0 saturated carbocycles. The molecule has 0 radical (unpaired) electrons. The number of nitrogens with zero attached hydrogens (tertiary/aromatic N) is 2. The van der Waals surface area contributed by atoms with Crippen molar-refractivity contribution in [2.45, 2.75) is 39.5 Å². The van der Waals surface area contributed by atoms with Crippen molar-refractivity contribution in [3.63, 3.8) is 0 Å². The van der Waals surface area contributed by atoms with Crippen molar-refractivity contribution in [3.8, 4) is 11.5 Å². The van der Waals surface area contributed by atoms with E-state index in [1.54, 1.807) is 5.01 Å². The predicted molar refractivity (Wildman–Crippen MR) is 115 cm³/mol. The van der Waals surface area contributed by atoms with Gasteiger partial charge in [-0.3, -0.25) is 4.79 Å². The number of rotatable bonds is 9. The summed E-state index contributed by atoms with van der Waals surface area (Å²) in [6, 6.07) is 6.00. The third kappa shape index (κ3) is 4.59. The van der Waals surface area contributed by atoms with Gasteiger partial charge in [0.25, 0.3) is 0 Å². The highest BCUT2D eigenvalue weighted by Crippen LogP contribution is 2.37. The molecular weight excluding hydrogens is 420 g/mol. The molecule has 152 valence electrons. The topological polar surface area (TPSA) is 51.1 Å². The molecule has 2 atom stereocenters. The summed E-state index contributed by atoms with van der Waals surface area (Å²) >= 11 is 3.46. The van der Waals surface area contributed by atoms with Crippen LogP contribution >= 0.6 is 15.9 Å². The molecular formula is C22H29BrN2O3. The number of ether oxygens (including phenoxy) is 2. The summed E-state index contributed by atoms with van der Waals surface area (Å²) in [5.74, 6) is 1.73. The first-order chi connectivity index (χ1) is 13.7. The number of benzene rings is 1. The van der Waals surface area contributed by atoms with E-state index in [0.29, 0.717) is 19.8 Å². The van der Waals surface area contributed by atoms with Crippen LogP contribution in [0.1, 0.15) is 45.1 Å². The quantitative estimate of drug-likeness (QED) is 0.310. The van der Waals surface area contributed by atoms with E-state index in [9.17, 15) is 4.79 Å². The van der Waals surface area contributed by atoms with Gasteiger partial charge in [-0.05, 0) is 57.7 Å². The highest BCUT2D eigenvalue weighted by Gasteiger charge is 2.39. The maximum atomic E-state index is 13.0. The molecule has 1 amide bonds. The van der Waals surface area contributed by atoms with E-state index in [1.165, 1.54) is 0 Å². The van der Waals surface area contributed by atoms with Gasteiger partial charge in [-0.2, -0.15) is 5.10 Å². The summed E-state index contributed by atoms with van der Waals surface area (Å²) in [4.78, 5) is 13.0. The van der Waals surface area contributed by atoms with Crippen molar-refractivity contribution >= 4 is 27.5 Å². The Morgan fingerprint density at radius 3 is 2.50 bits per heavy atom. The third-order valence-electron chi connectivity index (χ3n) is 5.18. The molecule has 0 aromatic heterocycles. The molecule has 1 heterocycles. The molecule has 6 heteroatoms. The summed E-state index contributed by atoms with van der Waals surface area (Å²) in [6.07, 6.45) is 7.90. The predicted octanol–water partition coefficient (Wildman–Crippen LogP) is 4.79. The average Bonchev–Trinajstić information content (AvgIpc) is 2.72. The average molecular weight is 449 g/mol. The first kappa shape index (κ1) is 20.9. The largest absolute Gasteiger partial charge is 0.490 e. The normalized spacial score (nSPS) is 21.3. The number of halogens is 1. The van der Waals surface area contributed by atoms with Gasteiger partial charge in [-0.15, -0.1) is 0 Å². The van der Waals surface area contributed by atoms with Gasteiger partial charge < -0.3 is 9.47 Å². The molecule has 5 nitrogen and oxygen atoms in total. The van der Waals surface area contributed by atoms with Gasteiger partial charge in [-0.1, -0.05) is 28.1 Å². The molecule has 1 aromatic carbocycles. The van der Waals surface area contributed by atoms with Crippen LogP contribution in [0, 0.1) is 11.8 Å². The van der Waals surface area contributed by atoms with Crippen molar-refractivity contribution in [1.29, 1.82) is 0 Å². The zero-order valence-corrected chi connectivity index (χ0v) is 18.3. The Labute approximate surface area is 175 Å². The van der Waals surface area contributed by atoms with Crippen LogP contribution in [0.5, 0.6) is 11.5 Å². The monoisotopic (exact) mass is 448 g/mol. The van der Waals surface area contributed by atoms with Crippen LogP contribution in [-0.4, -0.2) is 41.7 Å². The van der Waals surface area contributed by atoms with Gasteiger partial charge in [0.2, 0.25) is 5.91 Å². The summed E-state index contributed by atoms with van der Waals surface area (Å²) in [7, 11) is 0. The Morgan fingerprint density at radius 2 is 1.79 bits per heavy atom. The SMILES string of the molecule is CCOc1ccc(C2=NN(CCCCBr)C(=O)C3CC=CCC23)cc1OCC. The third-order valence-corrected chi connectivity index (χ3v) is 5.74. The van der Waals surface area contributed by atoms with E-state index >= 15 is 0 Å². The van der Waals surface area contributed by atoms with Crippen LogP contribution in [-0.2, 0) is 4.79 Å². The number of alkyl halides is 1. The van der Waals surface area contributed by atoms with Crippen molar-refractivity contribution in [2.75, 3.05) is 25.1 Å². The van der Waals surface area contributed by atoms with Crippen molar-refractivity contribution in [2.24, 2.45) is 16.9 Å². The molecule has 1 aliphatic heterocycles. The number of hydrazone groups is 1. The minimum absolute atomic E-state index is 0.0245. The van der Waals surface area contributed by atoms with Gasteiger partial charge >= 0.3 is 0 Å². The Balaban J connectivity index is 1.96. The first-order valence-corrected chi connectivity index (χ1v) is 11.3. The van der Waals surface area contributed by atoms with E-state index in [0.717, 1.165) is 53.8 Å². The smallest absolute Gasteiger partial charge is 0.246 e. The van der Waals surface area contributed by atoms with Crippen molar-refractivity contribution in [1.82, 2.24) is 5.01 Å². The summed E-state index contributed by atoms with van der Waals surface area (Å²) in [6.45, 7) is 5.75. The number of carbonyl (C=O) groups excluding carboxylic acids is 1. The zero-order valence-electron chi connectivity index (χ0n) is 16.7. The van der Waals surface area contributed by atoms with E-state index in [4.69, 9.17) is 14.6 Å². The minimum Gasteiger partial charge on any atom is -0.490 e. The highest BCUT2D eigenvalue weighted by molar-refractivity contribution is 9.09. The Bertz CT molecular complexity index is 747. The minimum atomic E-state index is -0.0245. The van der Waals surface area contributed by atoms with E-state index in [-0.39, 0.29) is 17.7 Å². The standard InChI is InChI=1S/C22H29BrN2O3/c1-3-27-19-12-11-16(15-20(19)28-4-2)21-17-9-5-6-10-18(17)22(26)25(24-21)14-8-7-13-23/h5-6,11-12,15,17-18H,3-4,7-10,13-14H2,1-2H3. The lowest BCUT2D eigenvalue weighted by atomic mass is 9.76. The van der Waals surface area contributed by atoms with Gasteiger partial charge in [-0.25, -0.2) is 5.01 Å². The summed E-state index contributed by atoms with van der Waals surface area (Å²) in [5, 5.41) is 7.45. The summed E-state index contributed by atoms with van der Waals surface area (Å²) in [5.41, 5.74) is 1.99. The fraction of sp³-hybridized carbons (Fsp3) is 0.545. The second-order valence-corrected chi connectivity index (χ2v) is 7.82. The van der Waals surface area contributed by atoms with E-state index < -0.39 is 0 Å². The molecule has 0 saturated heterocycles. The number of carbonyl (C=O) groups is 1. The molecule has 28 heavy (non-hydrogen) atoms. The Morgan fingerprint density at radius 1 is 1.07 bits per heavy atom. The maximum absolute atomic E-state index is 13.0. The number of hydrogen-bond donors (Lipinski definition) is 0. The summed E-state index contributed by atoms with van der Waals surface area (Å²) < 4.78 is 11.5. The lowest BCUT2D eigenvalue weighted by Crippen LogP contribution is -2.45. The second kappa shape index (κ2) is 10.1. The molecule has 1 aromatic rings. The van der Waals surface area contributed by atoms with Crippen LogP contribution in [0.4, 0.5) is 0 Å². The van der Waals surface area contributed by atoms with Crippen LogP contribution in [0.25, 0.3) is 0 Å². The lowest BCUT2D eigenvalue weighted by molar-refractivity contribution is -0.137. The number of fused-ring (bicyclic) bond motifs is 1. The fourth-order valence-corrected chi connectivity index (χ4v) is 4.23. The highest BCUT2D eigenvalue weighted by atomic mass is 79.9. The molecule has 3 rings (SSSR count). The number of amides is 1. The van der Waals surface area contributed by atoms with Gasteiger partial charge in [0, 0.05) is 23.4 Å². The van der Waals surface area contributed by atoms with Gasteiger partial charge in [0.1, 0.15) is 0 Å². The molecule has 2 aliphatic rings. The number of hydrogen-bond acceptors (Lipinski definition) is 4. The van der Waals surface area contributed by atoms with Gasteiger partial charge in [0.15, 0.2) is 11.5 Å². The van der Waals surface area contributed by atoms with Gasteiger partial charge in [0.05, 0.1) is 24.8 Å². The van der Waals surface area contributed by atoms with Crippen LogP contribution in [0.2, 0.25) is 0 Å².